The fourth-order valence-corrected chi connectivity index (χ4v) is 8.40. The topological polar surface area (TPSA) is 43.6 Å². The van der Waals surface area contributed by atoms with Crippen LogP contribution in [0, 0.1) is 0 Å². The Kier molecular flexibility index (Phi) is 9.14. The number of rotatable bonds is 8. The molecule has 61 heavy (non-hydrogen) atoms. The molecule has 286 valence electrons. The maximum absolute atomic E-state index is 5.18. The van der Waals surface area contributed by atoms with Crippen molar-refractivity contribution in [3.05, 3.63) is 231 Å². The van der Waals surface area contributed by atoms with Gasteiger partial charge in [0.1, 0.15) is 0 Å². The van der Waals surface area contributed by atoms with E-state index in [9.17, 15) is 0 Å². The quantitative estimate of drug-likeness (QED) is 0.154. The molecule has 0 unspecified atom stereocenters. The molecule has 0 amide bonds. The van der Waals surface area contributed by atoms with Gasteiger partial charge in [-0.2, -0.15) is 0 Å². The molecule has 0 atom stereocenters. The van der Waals surface area contributed by atoms with Crippen LogP contribution in [0.15, 0.2) is 231 Å². The molecule has 0 bridgehead atoms. The highest BCUT2D eigenvalue weighted by Crippen LogP contribution is 2.37. The van der Waals surface area contributed by atoms with Crippen LogP contribution in [0.25, 0.3) is 106 Å². The summed E-state index contributed by atoms with van der Waals surface area (Å²) in [5.74, 6) is 1.86. The molecular formula is C57H38N4. The molecule has 0 aliphatic rings. The Labute approximate surface area is 354 Å². The van der Waals surface area contributed by atoms with Crippen LogP contribution < -0.4 is 0 Å². The first-order valence-electron chi connectivity index (χ1n) is 20.6. The van der Waals surface area contributed by atoms with Crippen LogP contribution in [0.1, 0.15) is 0 Å². The molecule has 0 saturated heterocycles. The second kappa shape index (κ2) is 15.5. The maximum atomic E-state index is 5.18. The lowest BCUT2D eigenvalue weighted by Gasteiger charge is -2.12. The summed E-state index contributed by atoms with van der Waals surface area (Å²) in [7, 11) is 0. The smallest absolute Gasteiger partial charge is 0.164 e. The fraction of sp³-hybridized carbons (Fsp3) is 0. The molecule has 0 saturated carbocycles. The molecule has 11 aromatic rings. The lowest BCUT2D eigenvalue weighted by Crippen LogP contribution is -2.00. The summed E-state index contributed by atoms with van der Waals surface area (Å²) in [5, 5.41) is 2.44. The standard InChI is InChI=1S/C57H38N4/c1-4-15-39(16-5-1)42-29-32-50(33-30-42)61-53-28-11-10-27-51(53)52-34-31-46(38-54(52)61)45-23-14-26-49(37-45)57-59-55(47-24-12-21-43(35-47)40-17-6-2-7-18-40)58-56(60-57)48-25-13-22-44(36-48)41-19-8-3-9-20-41/h1-38H. The Bertz CT molecular complexity index is 3230. The van der Waals surface area contributed by atoms with Crippen LogP contribution >= 0.6 is 0 Å². The number of nitrogens with zero attached hydrogens (tertiary/aromatic N) is 4. The molecule has 9 aromatic carbocycles. The molecule has 0 fully saturated rings. The molecule has 2 heterocycles. The predicted octanol–water partition coefficient (Wildman–Crippen LogP) is 14.6. The van der Waals surface area contributed by atoms with Crippen molar-refractivity contribution in [1.29, 1.82) is 0 Å². The minimum atomic E-state index is 0.616. The normalized spacial score (nSPS) is 11.3. The van der Waals surface area contributed by atoms with E-state index in [4.69, 9.17) is 15.0 Å². The first kappa shape index (κ1) is 35.9. The summed E-state index contributed by atoms with van der Waals surface area (Å²) >= 11 is 0. The number of para-hydroxylation sites is 1. The molecule has 0 N–H and O–H groups in total. The zero-order chi connectivity index (χ0) is 40.5. The van der Waals surface area contributed by atoms with Gasteiger partial charge < -0.3 is 4.57 Å². The minimum absolute atomic E-state index is 0.616. The van der Waals surface area contributed by atoms with Gasteiger partial charge in [-0.1, -0.05) is 188 Å². The van der Waals surface area contributed by atoms with E-state index < -0.39 is 0 Å². The van der Waals surface area contributed by atoms with Crippen molar-refractivity contribution in [1.82, 2.24) is 19.5 Å². The second-order valence-corrected chi connectivity index (χ2v) is 15.3. The van der Waals surface area contributed by atoms with Gasteiger partial charge in [0.25, 0.3) is 0 Å². The molecule has 11 rings (SSSR count). The summed E-state index contributed by atoms with van der Waals surface area (Å²) in [4.78, 5) is 15.5. The van der Waals surface area contributed by atoms with Crippen LogP contribution in [0.3, 0.4) is 0 Å². The van der Waals surface area contributed by atoms with Crippen LogP contribution in [0.5, 0.6) is 0 Å². The van der Waals surface area contributed by atoms with E-state index in [2.05, 4.69) is 223 Å². The van der Waals surface area contributed by atoms with E-state index in [1.54, 1.807) is 0 Å². The highest BCUT2D eigenvalue weighted by molar-refractivity contribution is 6.10. The van der Waals surface area contributed by atoms with Crippen LogP contribution in [0.4, 0.5) is 0 Å². The van der Waals surface area contributed by atoms with E-state index >= 15 is 0 Å². The molecule has 0 aliphatic heterocycles. The van der Waals surface area contributed by atoms with Crippen molar-refractivity contribution in [2.45, 2.75) is 0 Å². The number of benzene rings is 9. The number of hydrogen-bond donors (Lipinski definition) is 0. The molecular weight excluding hydrogens is 741 g/mol. The summed E-state index contributed by atoms with van der Waals surface area (Å²) in [5.41, 5.74) is 15.3. The predicted molar refractivity (Wildman–Crippen MR) is 252 cm³/mol. The van der Waals surface area contributed by atoms with Crippen molar-refractivity contribution in [3.8, 4) is 84.4 Å². The first-order valence-corrected chi connectivity index (χ1v) is 20.6. The van der Waals surface area contributed by atoms with E-state index in [0.29, 0.717) is 17.5 Å². The lowest BCUT2D eigenvalue weighted by atomic mass is 10.0. The zero-order valence-corrected chi connectivity index (χ0v) is 33.2. The summed E-state index contributed by atoms with van der Waals surface area (Å²) in [6.07, 6.45) is 0. The number of hydrogen-bond acceptors (Lipinski definition) is 3. The molecule has 0 radical (unpaired) electrons. The Morgan fingerprint density at radius 2 is 0.574 bits per heavy atom. The minimum Gasteiger partial charge on any atom is -0.309 e. The van der Waals surface area contributed by atoms with Crippen LogP contribution in [0.2, 0.25) is 0 Å². The van der Waals surface area contributed by atoms with Gasteiger partial charge in [0.05, 0.1) is 11.0 Å². The largest absolute Gasteiger partial charge is 0.309 e. The van der Waals surface area contributed by atoms with E-state index in [1.807, 2.05) is 12.1 Å². The monoisotopic (exact) mass is 778 g/mol. The SMILES string of the molecule is c1ccc(-c2ccc(-n3c4ccccc4c4ccc(-c5cccc(-c6nc(-c7cccc(-c8ccccc8)c7)nc(-c7cccc(-c8ccccc8)c7)n6)c5)cc43)cc2)cc1. The Morgan fingerprint density at radius 1 is 0.230 bits per heavy atom. The first-order chi connectivity index (χ1) is 30.2. The molecule has 4 heteroatoms. The Hall–Kier alpha value is -8.21. The number of fused-ring (bicyclic) bond motifs is 3. The molecule has 0 spiro atoms. The molecule has 4 nitrogen and oxygen atoms in total. The summed E-state index contributed by atoms with van der Waals surface area (Å²) in [6, 6.07) is 81.2. The third-order valence-electron chi connectivity index (χ3n) is 11.5. The van der Waals surface area contributed by atoms with Crippen molar-refractivity contribution in [3.63, 3.8) is 0 Å². The maximum Gasteiger partial charge on any atom is 0.164 e. The Morgan fingerprint density at radius 3 is 1.08 bits per heavy atom. The van der Waals surface area contributed by atoms with Crippen molar-refractivity contribution in [2.75, 3.05) is 0 Å². The van der Waals surface area contributed by atoms with Gasteiger partial charge in [-0.3, -0.25) is 0 Å². The number of aromatic nitrogens is 4. The molecule has 0 aliphatic carbocycles. The highest BCUT2D eigenvalue weighted by atomic mass is 15.0. The highest BCUT2D eigenvalue weighted by Gasteiger charge is 2.17. The van der Waals surface area contributed by atoms with Crippen molar-refractivity contribution < 1.29 is 0 Å². The van der Waals surface area contributed by atoms with Crippen LogP contribution in [-0.2, 0) is 0 Å². The van der Waals surface area contributed by atoms with Gasteiger partial charge >= 0.3 is 0 Å². The van der Waals surface area contributed by atoms with Gasteiger partial charge in [-0.25, -0.2) is 15.0 Å². The van der Waals surface area contributed by atoms with Gasteiger partial charge in [0.15, 0.2) is 17.5 Å². The average Bonchev–Trinajstić information content (AvgIpc) is 3.68. The third kappa shape index (κ3) is 6.96. The third-order valence-corrected chi connectivity index (χ3v) is 11.5. The van der Waals surface area contributed by atoms with Gasteiger partial charge in [0, 0.05) is 33.2 Å². The van der Waals surface area contributed by atoms with E-state index in [1.165, 1.54) is 27.4 Å². The Balaban J connectivity index is 1.03. The second-order valence-electron chi connectivity index (χ2n) is 15.3. The zero-order valence-electron chi connectivity index (χ0n) is 33.2. The van der Waals surface area contributed by atoms with Crippen molar-refractivity contribution >= 4 is 21.8 Å². The average molecular weight is 779 g/mol. The van der Waals surface area contributed by atoms with Crippen molar-refractivity contribution in [2.24, 2.45) is 0 Å². The molecule has 2 aromatic heterocycles. The van der Waals surface area contributed by atoms with Crippen LogP contribution in [-0.4, -0.2) is 19.5 Å². The van der Waals surface area contributed by atoms with E-state index in [0.717, 1.165) is 61.3 Å². The fourth-order valence-electron chi connectivity index (χ4n) is 8.40. The lowest BCUT2D eigenvalue weighted by molar-refractivity contribution is 1.07. The summed E-state index contributed by atoms with van der Waals surface area (Å²) < 4.78 is 2.38. The van der Waals surface area contributed by atoms with Gasteiger partial charge in [-0.15, -0.1) is 0 Å². The summed E-state index contributed by atoms with van der Waals surface area (Å²) in [6.45, 7) is 0. The van der Waals surface area contributed by atoms with E-state index in [-0.39, 0.29) is 0 Å². The van der Waals surface area contributed by atoms with Gasteiger partial charge in [0.2, 0.25) is 0 Å². The van der Waals surface area contributed by atoms with Gasteiger partial charge in [-0.05, 0) is 87.0 Å².